The Morgan fingerprint density at radius 3 is 2.75 bits per heavy atom. The molecule has 0 spiro atoms. The number of hydrogen-bond donors (Lipinski definition) is 0. The molecule has 1 aliphatic heterocycles. The highest BCUT2D eigenvalue weighted by molar-refractivity contribution is 5.92. The molecule has 0 N–H and O–H groups in total. The summed E-state index contributed by atoms with van der Waals surface area (Å²) in [5.74, 6) is -0.0585. The molecule has 0 saturated carbocycles. The van der Waals surface area contributed by atoms with Crippen LogP contribution in [0.3, 0.4) is 0 Å². The number of aromatic nitrogens is 1. The van der Waals surface area contributed by atoms with E-state index in [1.807, 2.05) is 11.0 Å². The number of amides is 1. The minimum Gasteiger partial charge on any atom is -0.337 e. The van der Waals surface area contributed by atoms with Gasteiger partial charge in [-0.2, -0.15) is 5.26 Å². The SMILES string of the molecule is N#Cc1cccc(C(=O)N2CCCCC2)n1. The summed E-state index contributed by atoms with van der Waals surface area (Å²) in [5.41, 5.74) is 0.670. The quantitative estimate of drug-likeness (QED) is 0.714. The van der Waals surface area contributed by atoms with E-state index in [9.17, 15) is 4.79 Å². The molecule has 1 aromatic rings. The summed E-state index contributed by atoms with van der Waals surface area (Å²) in [6, 6.07) is 6.91. The number of carbonyl (C=O) groups excluding carboxylic acids is 1. The molecular formula is C12H13N3O. The topological polar surface area (TPSA) is 57.0 Å². The molecule has 82 valence electrons. The van der Waals surface area contributed by atoms with Crippen LogP contribution in [0.5, 0.6) is 0 Å². The Hall–Kier alpha value is -1.89. The highest BCUT2D eigenvalue weighted by atomic mass is 16.2. The second kappa shape index (κ2) is 4.75. The average molecular weight is 215 g/mol. The van der Waals surface area contributed by atoms with Crippen molar-refractivity contribution < 1.29 is 4.79 Å². The van der Waals surface area contributed by atoms with Crippen molar-refractivity contribution in [2.45, 2.75) is 19.3 Å². The minimum absolute atomic E-state index is 0.0585. The predicted octanol–water partition coefficient (Wildman–Crippen LogP) is 1.58. The molecule has 4 heteroatoms. The van der Waals surface area contributed by atoms with Crippen LogP contribution in [0.2, 0.25) is 0 Å². The Morgan fingerprint density at radius 2 is 2.06 bits per heavy atom. The highest BCUT2D eigenvalue weighted by Crippen LogP contribution is 2.12. The maximum Gasteiger partial charge on any atom is 0.272 e. The molecule has 4 nitrogen and oxygen atoms in total. The van der Waals surface area contributed by atoms with Crippen LogP contribution < -0.4 is 0 Å². The molecule has 1 saturated heterocycles. The van der Waals surface area contributed by atoms with Gasteiger partial charge in [0.05, 0.1) is 0 Å². The zero-order valence-corrected chi connectivity index (χ0v) is 9.02. The minimum atomic E-state index is -0.0585. The lowest BCUT2D eigenvalue weighted by atomic mass is 10.1. The summed E-state index contributed by atoms with van der Waals surface area (Å²) in [6.07, 6.45) is 3.31. The van der Waals surface area contributed by atoms with Crippen LogP contribution in [0.15, 0.2) is 18.2 Å². The lowest BCUT2D eigenvalue weighted by Crippen LogP contribution is -2.36. The smallest absolute Gasteiger partial charge is 0.272 e. The van der Waals surface area contributed by atoms with E-state index in [1.165, 1.54) is 6.42 Å². The number of rotatable bonds is 1. The monoisotopic (exact) mass is 215 g/mol. The second-order valence-electron chi connectivity index (χ2n) is 3.87. The van der Waals surface area contributed by atoms with E-state index in [2.05, 4.69) is 4.98 Å². The zero-order valence-electron chi connectivity index (χ0n) is 9.02. The average Bonchev–Trinajstić information content (AvgIpc) is 2.39. The van der Waals surface area contributed by atoms with E-state index in [-0.39, 0.29) is 5.91 Å². The van der Waals surface area contributed by atoms with Gasteiger partial charge < -0.3 is 4.90 Å². The van der Waals surface area contributed by atoms with Gasteiger partial charge in [0, 0.05) is 13.1 Å². The standard InChI is InChI=1S/C12H13N3O/c13-9-10-5-4-6-11(14-10)12(16)15-7-2-1-3-8-15/h4-6H,1-3,7-8H2. The van der Waals surface area contributed by atoms with Crippen LogP contribution in [0.4, 0.5) is 0 Å². The number of carbonyl (C=O) groups is 1. The summed E-state index contributed by atoms with van der Waals surface area (Å²) in [6.45, 7) is 1.61. The Kier molecular flexibility index (Phi) is 3.16. The lowest BCUT2D eigenvalue weighted by Gasteiger charge is -2.26. The Bertz CT molecular complexity index is 430. The highest BCUT2D eigenvalue weighted by Gasteiger charge is 2.19. The van der Waals surface area contributed by atoms with Crippen LogP contribution in [0, 0.1) is 11.3 Å². The number of pyridine rings is 1. The van der Waals surface area contributed by atoms with E-state index in [1.54, 1.807) is 18.2 Å². The van der Waals surface area contributed by atoms with Gasteiger partial charge in [-0.25, -0.2) is 4.98 Å². The van der Waals surface area contributed by atoms with Gasteiger partial charge in [0.25, 0.3) is 5.91 Å². The van der Waals surface area contributed by atoms with Crippen molar-refractivity contribution in [1.82, 2.24) is 9.88 Å². The molecule has 0 unspecified atom stereocenters. The van der Waals surface area contributed by atoms with Crippen molar-refractivity contribution in [1.29, 1.82) is 5.26 Å². The molecule has 1 aliphatic rings. The first-order valence-electron chi connectivity index (χ1n) is 5.48. The summed E-state index contributed by atoms with van der Waals surface area (Å²) >= 11 is 0. The molecule has 0 aliphatic carbocycles. The van der Waals surface area contributed by atoms with Crippen molar-refractivity contribution >= 4 is 5.91 Å². The molecule has 0 atom stereocenters. The van der Waals surface area contributed by atoms with Gasteiger partial charge in [-0.3, -0.25) is 4.79 Å². The fourth-order valence-electron chi connectivity index (χ4n) is 1.88. The Labute approximate surface area is 94.5 Å². The first-order valence-corrected chi connectivity index (χ1v) is 5.48. The van der Waals surface area contributed by atoms with E-state index in [0.717, 1.165) is 25.9 Å². The third-order valence-electron chi connectivity index (χ3n) is 2.73. The Morgan fingerprint density at radius 1 is 1.31 bits per heavy atom. The number of hydrogen-bond acceptors (Lipinski definition) is 3. The fraction of sp³-hybridized carbons (Fsp3) is 0.417. The largest absolute Gasteiger partial charge is 0.337 e. The zero-order chi connectivity index (χ0) is 11.4. The van der Waals surface area contributed by atoms with Gasteiger partial charge >= 0.3 is 0 Å². The van der Waals surface area contributed by atoms with E-state index in [0.29, 0.717) is 11.4 Å². The number of likely N-dealkylation sites (tertiary alicyclic amines) is 1. The van der Waals surface area contributed by atoms with Gasteiger partial charge in [0.2, 0.25) is 0 Å². The summed E-state index contributed by atoms with van der Waals surface area (Å²) in [5, 5.41) is 8.72. The first-order chi connectivity index (χ1) is 7.81. The molecule has 2 heterocycles. The van der Waals surface area contributed by atoms with Crippen molar-refractivity contribution in [3.63, 3.8) is 0 Å². The maximum absolute atomic E-state index is 12.0. The van der Waals surface area contributed by atoms with Gasteiger partial charge in [-0.1, -0.05) is 6.07 Å². The molecule has 1 aromatic heterocycles. The number of nitrogens with zero attached hydrogens (tertiary/aromatic N) is 3. The molecule has 1 fully saturated rings. The van der Waals surface area contributed by atoms with E-state index >= 15 is 0 Å². The normalized spacial score (nSPS) is 15.6. The molecule has 2 rings (SSSR count). The molecule has 0 bridgehead atoms. The van der Waals surface area contributed by atoms with Crippen molar-refractivity contribution in [3.8, 4) is 6.07 Å². The molecular weight excluding hydrogens is 202 g/mol. The van der Waals surface area contributed by atoms with Gasteiger partial charge in [-0.15, -0.1) is 0 Å². The first kappa shape index (κ1) is 10.6. The molecule has 0 radical (unpaired) electrons. The van der Waals surface area contributed by atoms with Crippen LogP contribution >= 0.6 is 0 Å². The van der Waals surface area contributed by atoms with Crippen LogP contribution in [-0.4, -0.2) is 28.9 Å². The van der Waals surface area contributed by atoms with Crippen LogP contribution in [0.25, 0.3) is 0 Å². The lowest BCUT2D eigenvalue weighted by molar-refractivity contribution is 0.0718. The van der Waals surface area contributed by atoms with Gasteiger partial charge in [0.1, 0.15) is 17.5 Å². The summed E-state index contributed by atoms with van der Waals surface area (Å²) in [4.78, 5) is 17.8. The molecule has 16 heavy (non-hydrogen) atoms. The fourth-order valence-corrected chi connectivity index (χ4v) is 1.88. The van der Waals surface area contributed by atoms with E-state index in [4.69, 9.17) is 5.26 Å². The maximum atomic E-state index is 12.0. The third kappa shape index (κ3) is 2.19. The number of nitriles is 1. The molecule has 0 aromatic carbocycles. The van der Waals surface area contributed by atoms with E-state index < -0.39 is 0 Å². The van der Waals surface area contributed by atoms with Gasteiger partial charge in [0.15, 0.2) is 0 Å². The summed E-state index contributed by atoms with van der Waals surface area (Å²) < 4.78 is 0. The van der Waals surface area contributed by atoms with Crippen LogP contribution in [0.1, 0.15) is 35.4 Å². The van der Waals surface area contributed by atoms with Crippen LogP contribution in [-0.2, 0) is 0 Å². The second-order valence-corrected chi connectivity index (χ2v) is 3.87. The third-order valence-corrected chi connectivity index (χ3v) is 2.73. The van der Waals surface area contributed by atoms with Gasteiger partial charge in [-0.05, 0) is 31.4 Å². The summed E-state index contributed by atoms with van der Waals surface area (Å²) in [7, 11) is 0. The van der Waals surface area contributed by atoms with Crippen molar-refractivity contribution in [3.05, 3.63) is 29.6 Å². The van der Waals surface area contributed by atoms with Crippen molar-refractivity contribution in [2.24, 2.45) is 0 Å². The number of piperidine rings is 1. The predicted molar refractivity (Wildman–Crippen MR) is 58.7 cm³/mol. The Balaban J connectivity index is 2.16. The van der Waals surface area contributed by atoms with Crippen molar-refractivity contribution in [2.75, 3.05) is 13.1 Å². The molecule has 1 amide bonds.